The average Bonchev–Trinajstić information content (AvgIpc) is 2.16. The zero-order valence-corrected chi connectivity index (χ0v) is 8.06. The van der Waals surface area contributed by atoms with Crippen LogP contribution in [0, 0.1) is 18.3 Å². The van der Waals surface area contributed by atoms with E-state index in [-0.39, 0.29) is 0 Å². The summed E-state index contributed by atoms with van der Waals surface area (Å²) >= 11 is 0. The van der Waals surface area contributed by atoms with Crippen molar-refractivity contribution in [2.45, 2.75) is 25.8 Å². The number of carbonyl (C=O) groups excluding carboxylic acids is 1. The van der Waals surface area contributed by atoms with Gasteiger partial charge in [0, 0.05) is 6.54 Å². The van der Waals surface area contributed by atoms with E-state index in [4.69, 9.17) is 11.5 Å². The summed E-state index contributed by atoms with van der Waals surface area (Å²) in [5.74, 6) is 1.86. The van der Waals surface area contributed by atoms with E-state index in [1.54, 1.807) is 0 Å². The molecule has 1 saturated heterocycles. The normalized spacial score (nSPS) is 26.7. The Hall–Kier alpha value is -1.50. The molecule has 1 aliphatic rings. The van der Waals surface area contributed by atoms with Gasteiger partial charge in [-0.15, -0.1) is 6.42 Å². The molecule has 1 rings (SSSR count). The van der Waals surface area contributed by atoms with Crippen molar-refractivity contribution in [2.75, 3.05) is 6.54 Å². The molecule has 0 aromatic rings. The van der Waals surface area contributed by atoms with Crippen LogP contribution >= 0.6 is 0 Å². The van der Waals surface area contributed by atoms with Crippen molar-refractivity contribution >= 4 is 11.9 Å². The van der Waals surface area contributed by atoms with Crippen molar-refractivity contribution in [3.8, 4) is 12.3 Å². The Bertz CT molecular complexity index is 292. The van der Waals surface area contributed by atoms with E-state index in [0.29, 0.717) is 18.9 Å². The fourth-order valence-electron chi connectivity index (χ4n) is 1.73. The second-order valence-electron chi connectivity index (χ2n) is 3.64. The Morgan fingerprint density at radius 1 is 1.50 bits per heavy atom. The topological polar surface area (TPSA) is 57.6 Å². The highest BCUT2D eigenvalue weighted by Gasteiger charge is 2.33. The number of piperidine rings is 1. The van der Waals surface area contributed by atoms with Crippen LogP contribution < -0.4 is 0 Å². The molecule has 2 atom stereocenters. The number of carbonyl (C=O) groups is 2. The first kappa shape index (κ1) is 10.6. The zero-order chi connectivity index (χ0) is 10.7. The van der Waals surface area contributed by atoms with Gasteiger partial charge in [0.05, 0.1) is 0 Å². The Kier molecular flexibility index (Phi) is 3.13. The number of amides is 1. The summed E-state index contributed by atoms with van der Waals surface area (Å²) < 4.78 is 0. The largest absolute Gasteiger partial charge is 0.465 e. The Morgan fingerprint density at radius 2 is 2.14 bits per heavy atom. The van der Waals surface area contributed by atoms with Crippen LogP contribution in [0.25, 0.3) is 0 Å². The van der Waals surface area contributed by atoms with Gasteiger partial charge < -0.3 is 5.11 Å². The minimum Gasteiger partial charge on any atom is -0.465 e. The van der Waals surface area contributed by atoms with Crippen LogP contribution in [0.5, 0.6) is 0 Å². The highest BCUT2D eigenvalue weighted by atomic mass is 16.4. The van der Waals surface area contributed by atoms with Crippen LogP contribution in [0.1, 0.15) is 19.8 Å². The summed E-state index contributed by atoms with van der Waals surface area (Å²) in [6.45, 7) is 2.36. The number of rotatable bonds is 1. The van der Waals surface area contributed by atoms with E-state index in [1.807, 2.05) is 12.8 Å². The molecule has 0 spiro atoms. The van der Waals surface area contributed by atoms with Crippen LogP contribution in [0.2, 0.25) is 0 Å². The third-order valence-electron chi connectivity index (χ3n) is 2.51. The lowest BCUT2D eigenvalue weighted by Gasteiger charge is -2.34. The van der Waals surface area contributed by atoms with Crippen molar-refractivity contribution in [1.82, 2.24) is 4.90 Å². The number of terminal acetylenes is 1. The lowest BCUT2D eigenvalue weighted by Crippen LogP contribution is -2.49. The summed E-state index contributed by atoms with van der Waals surface area (Å²) in [5.41, 5.74) is 0. The molecule has 0 radical (unpaired) electrons. The molecule has 4 nitrogen and oxygen atoms in total. The van der Waals surface area contributed by atoms with Gasteiger partial charge in [0.25, 0.3) is 0 Å². The van der Waals surface area contributed by atoms with E-state index in [2.05, 4.69) is 0 Å². The molecule has 0 bridgehead atoms. The van der Waals surface area contributed by atoms with Gasteiger partial charge in [-0.05, 0) is 24.7 Å². The van der Waals surface area contributed by atoms with Crippen LogP contribution in [0.15, 0.2) is 0 Å². The van der Waals surface area contributed by atoms with Crippen molar-refractivity contribution in [3.05, 3.63) is 0 Å². The summed E-state index contributed by atoms with van der Waals surface area (Å²) in [4.78, 5) is 23.2. The molecular weight excluding hydrogens is 182 g/mol. The molecule has 1 heterocycles. The van der Waals surface area contributed by atoms with Crippen LogP contribution in [-0.4, -0.2) is 34.5 Å². The SMILES string of the molecule is C#CC(=O)C1CCC(C)CN1C(=O)O. The lowest BCUT2D eigenvalue weighted by atomic mass is 9.92. The van der Waals surface area contributed by atoms with Crippen LogP contribution in [0.3, 0.4) is 0 Å². The summed E-state index contributed by atoms with van der Waals surface area (Å²) in [7, 11) is 0. The van der Waals surface area contributed by atoms with Crippen molar-refractivity contribution in [1.29, 1.82) is 0 Å². The van der Waals surface area contributed by atoms with Gasteiger partial charge in [-0.2, -0.15) is 0 Å². The van der Waals surface area contributed by atoms with E-state index < -0.39 is 17.9 Å². The van der Waals surface area contributed by atoms with Gasteiger partial charge in [0.1, 0.15) is 6.04 Å². The number of likely N-dealkylation sites (tertiary alicyclic amines) is 1. The zero-order valence-electron chi connectivity index (χ0n) is 8.06. The van der Waals surface area contributed by atoms with Gasteiger partial charge in [-0.3, -0.25) is 9.69 Å². The maximum Gasteiger partial charge on any atom is 0.407 e. The van der Waals surface area contributed by atoms with Gasteiger partial charge >= 0.3 is 6.09 Å². The smallest absolute Gasteiger partial charge is 0.407 e. The van der Waals surface area contributed by atoms with Gasteiger partial charge in [0.2, 0.25) is 5.78 Å². The van der Waals surface area contributed by atoms with Crippen LogP contribution in [-0.2, 0) is 4.79 Å². The third kappa shape index (κ3) is 2.05. The molecule has 4 heteroatoms. The third-order valence-corrected chi connectivity index (χ3v) is 2.51. The molecule has 1 amide bonds. The predicted octanol–water partition coefficient (Wildman–Crippen LogP) is 0.967. The number of carboxylic acid groups (broad SMARTS) is 1. The van der Waals surface area contributed by atoms with Gasteiger partial charge in [0.15, 0.2) is 0 Å². The second kappa shape index (κ2) is 4.14. The molecule has 2 unspecified atom stereocenters. The lowest BCUT2D eigenvalue weighted by molar-refractivity contribution is -0.119. The fourth-order valence-corrected chi connectivity index (χ4v) is 1.73. The van der Waals surface area contributed by atoms with E-state index >= 15 is 0 Å². The number of hydrogen-bond donors (Lipinski definition) is 1. The first-order chi connectivity index (χ1) is 6.56. The molecule has 14 heavy (non-hydrogen) atoms. The molecule has 0 aromatic heterocycles. The first-order valence-corrected chi connectivity index (χ1v) is 4.56. The predicted molar refractivity (Wildman–Crippen MR) is 50.8 cm³/mol. The molecule has 1 fully saturated rings. The number of ketones is 1. The summed E-state index contributed by atoms with van der Waals surface area (Å²) in [5, 5.41) is 8.88. The molecule has 1 aliphatic heterocycles. The van der Waals surface area contributed by atoms with Crippen LogP contribution in [0.4, 0.5) is 4.79 Å². The first-order valence-electron chi connectivity index (χ1n) is 4.56. The molecule has 0 aliphatic carbocycles. The number of Topliss-reactive ketones (excluding diaryl/α,β-unsaturated/α-hetero) is 1. The minimum absolute atomic E-state index is 0.299. The Morgan fingerprint density at radius 3 is 2.64 bits per heavy atom. The monoisotopic (exact) mass is 195 g/mol. The second-order valence-corrected chi connectivity index (χ2v) is 3.64. The maximum atomic E-state index is 11.2. The number of nitrogens with zero attached hydrogens (tertiary/aromatic N) is 1. The highest BCUT2D eigenvalue weighted by molar-refractivity contribution is 6.00. The standard InChI is InChI=1S/C10H13NO3/c1-3-9(12)8-5-4-7(2)6-11(8)10(13)14/h1,7-8H,4-6H2,2H3,(H,13,14). The number of hydrogen-bond acceptors (Lipinski definition) is 2. The Balaban J connectivity index is 2.78. The minimum atomic E-state index is -1.06. The summed E-state index contributed by atoms with van der Waals surface area (Å²) in [6.07, 6.45) is 5.30. The molecule has 76 valence electrons. The quantitative estimate of drug-likeness (QED) is 0.501. The van der Waals surface area contributed by atoms with Gasteiger partial charge in [-0.1, -0.05) is 6.92 Å². The molecule has 1 N–H and O–H groups in total. The van der Waals surface area contributed by atoms with Gasteiger partial charge in [-0.25, -0.2) is 4.79 Å². The van der Waals surface area contributed by atoms with Crippen molar-refractivity contribution in [2.24, 2.45) is 5.92 Å². The molecule has 0 saturated carbocycles. The average molecular weight is 195 g/mol. The summed E-state index contributed by atoms with van der Waals surface area (Å²) in [6, 6.07) is -0.631. The molecular formula is C10H13NO3. The van der Waals surface area contributed by atoms with E-state index in [9.17, 15) is 9.59 Å². The fraction of sp³-hybridized carbons (Fsp3) is 0.600. The molecule has 0 aromatic carbocycles. The van der Waals surface area contributed by atoms with Crippen molar-refractivity contribution in [3.63, 3.8) is 0 Å². The maximum absolute atomic E-state index is 11.2. The highest BCUT2D eigenvalue weighted by Crippen LogP contribution is 2.22. The Labute approximate surface area is 82.9 Å². The van der Waals surface area contributed by atoms with Crippen molar-refractivity contribution < 1.29 is 14.7 Å². The van der Waals surface area contributed by atoms with E-state index in [0.717, 1.165) is 11.3 Å². The van der Waals surface area contributed by atoms with E-state index in [1.165, 1.54) is 0 Å².